The van der Waals surface area contributed by atoms with Crippen LogP contribution in [0, 0.1) is 0 Å². The third-order valence-electron chi connectivity index (χ3n) is 3.77. The molecule has 1 aliphatic heterocycles. The maximum atomic E-state index is 12.4. The van der Waals surface area contributed by atoms with Crippen molar-refractivity contribution in [2.24, 2.45) is 0 Å². The second-order valence-electron chi connectivity index (χ2n) is 6.71. The maximum absolute atomic E-state index is 12.4. The van der Waals surface area contributed by atoms with Crippen LogP contribution in [0.5, 0.6) is 5.88 Å². The number of hydrogen-bond acceptors (Lipinski definition) is 6. The molecule has 0 N–H and O–H groups in total. The first-order valence-electron chi connectivity index (χ1n) is 7.83. The second-order valence-corrected chi connectivity index (χ2v) is 6.71. The summed E-state index contributed by atoms with van der Waals surface area (Å²) < 4.78 is 15.4. The SMILES string of the molecule is COC(=O)[C@@H]1C[C@H](c2cccc(OC)n2)CN1C(=O)OC(C)(C)C. The van der Waals surface area contributed by atoms with Gasteiger partial charge in [0, 0.05) is 24.2 Å². The van der Waals surface area contributed by atoms with Gasteiger partial charge < -0.3 is 14.2 Å². The fourth-order valence-electron chi connectivity index (χ4n) is 2.70. The van der Waals surface area contributed by atoms with E-state index in [1.54, 1.807) is 33.9 Å². The van der Waals surface area contributed by atoms with E-state index in [1.165, 1.54) is 12.0 Å². The van der Waals surface area contributed by atoms with Crippen molar-refractivity contribution < 1.29 is 23.8 Å². The van der Waals surface area contributed by atoms with Crippen LogP contribution < -0.4 is 4.74 Å². The van der Waals surface area contributed by atoms with Crippen molar-refractivity contribution in [1.29, 1.82) is 0 Å². The lowest BCUT2D eigenvalue weighted by molar-refractivity contribution is -0.145. The van der Waals surface area contributed by atoms with Crippen LogP contribution in [0.4, 0.5) is 4.79 Å². The highest BCUT2D eigenvalue weighted by Gasteiger charge is 2.43. The topological polar surface area (TPSA) is 78.0 Å². The zero-order valence-electron chi connectivity index (χ0n) is 14.7. The summed E-state index contributed by atoms with van der Waals surface area (Å²) in [6.07, 6.45) is -0.0881. The van der Waals surface area contributed by atoms with E-state index in [1.807, 2.05) is 12.1 Å². The van der Waals surface area contributed by atoms with Crippen molar-refractivity contribution in [3.8, 4) is 5.88 Å². The van der Waals surface area contributed by atoms with Crippen molar-refractivity contribution in [1.82, 2.24) is 9.88 Å². The molecule has 0 aromatic carbocycles. The molecule has 2 heterocycles. The highest BCUT2D eigenvalue weighted by atomic mass is 16.6. The molecule has 2 atom stereocenters. The third kappa shape index (κ3) is 4.15. The van der Waals surface area contributed by atoms with Gasteiger partial charge in [-0.25, -0.2) is 14.6 Å². The fourth-order valence-corrected chi connectivity index (χ4v) is 2.70. The first-order chi connectivity index (χ1) is 11.2. The first kappa shape index (κ1) is 18.0. The molecular weight excluding hydrogens is 312 g/mol. The molecule has 132 valence electrons. The average Bonchev–Trinajstić information content (AvgIpc) is 2.98. The lowest BCUT2D eigenvalue weighted by Crippen LogP contribution is -2.43. The quantitative estimate of drug-likeness (QED) is 0.789. The molecule has 1 saturated heterocycles. The number of esters is 1. The van der Waals surface area contributed by atoms with Crippen LogP contribution in [0.15, 0.2) is 18.2 Å². The number of carbonyl (C=O) groups is 2. The van der Waals surface area contributed by atoms with E-state index in [2.05, 4.69) is 4.98 Å². The zero-order chi connectivity index (χ0) is 17.9. The molecule has 1 amide bonds. The smallest absolute Gasteiger partial charge is 0.411 e. The summed E-state index contributed by atoms with van der Waals surface area (Å²) in [5.74, 6) is -0.0409. The van der Waals surface area contributed by atoms with Gasteiger partial charge in [0.2, 0.25) is 5.88 Å². The molecule has 2 rings (SSSR count). The van der Waals surface area contributed by atoms with E-state index in [4.69, 9.17) is 14.2 Å². The summed E-state index contributed by atoms with van der Waals surface area (Å²) in [4.78, 5) is 30.3. The molecule has 0 radical (unpaired) electrons. The molecule has 0 aliphatic carbocycles. The van der Waals surface area contributed by atoms with E-state index in [9.17, 15) is 9.59 Å². The molecule has 0 bridgehead atoms. The number of likely N-dealkylation sites (tertiary alicyclic amines) is 1. The summed E-state index contributed by atoms with van der Waals surface area (Å²) in [7, 11) is 2.86. The standard InChI is InChI=1S/C17H24N2O5/c1-17(2,3)24-16(21)19-10-11(9-13(19)15(20)23-5)12-7-6-8-14(18-12)22-4/h6-8,11,13H,9-10H2,1-5H3/t11-,13-/m0/s1. The predicted octanol–water partition coefficient (Wildman–Crippen LogP) is 2.36. The summed E-state index contributed by atoms with van der Waals surface area (Å²) in [6.45, 7) is 5.70. The summed E-state index contributed by atoms with van der Waals surface area (Å²) >= 11 is 0. The first-order valence-corrected chi connectivity index (χ1v) is 7.83. The molecule has 0 saturated carbocycles. The van der Waals surface area contributed by atoms with Crippen molar-refractivity contribution in [3.05, 3.63) is 23.9 Å². The van der Waals surface area contributed by atoms with Gasteiger partial charge in [0.25, 0.3) is 0 Å². The number of rotatable bonds is 3. The summed E-state index contributed by atoms with van der Waals surface area (Å²) in [6, 6.07) is 4.77. The lowest BCUT2D eigenvalue weighted by Gasteiger charge is -2.27. The second kappa shape index (κ2) is 7.07. The Kier molecular flexibility index (Phi) is 5.31. The largest absolute Gasteiger partial charge is 0.481 e. The summed E-state index contributed by atoms with van der Waals surface area (Å²) in [5, 5.41) is 0. The zero-order valence-corrected chi connectivity index (χ0v) is 14.7. The minimum atomic E-state index is -0.678. The van der Waals surface area contributed by atoms with Crippen LogP contribution in [0.2, 0.25) is 0 Å². The maximum Gasteiger partial charge on any atom is 0.411 e. The van der Waals surface area contributed by atoms with Crippen molar-refractivity contribution >= 4 is 12.1 Å². The number of ether oxygens (including phenoxy) is 3. The van der Waals surface area contributed by atoms with Gasteiger partial charge in [0.05, 0.1) is 14.2 Å². The highest BCUT2D eigenvalue weighted by Crippen LogP contribution is 2.33. The number of hydrogen-bond donors (Lipinski definition) is 0. The molecule has 1 aromatic rings. The number of carbonyl (C=O) groups excluding carboxylic acids is 2. The minimum absolute atomic E-state index is 0.0864. The highest BCUT2D eigenvalue weighted by molar-refractivity contribution is 5.82. The monoisotopic (exact) mass is 336 g/mol. The Morgan fingerprint density at radius 2 is 1.96 bits per heavy atom. The number of methoxy groups -OCH3 is 2. The van der Waals surface area contributed by atoms with Gasteiger partial charge >= 0.3 is 12.1 Å². The number of aromatic nitrogens is 1. The molecule has 24 heavy (non-hydrogen) atoms. The lowest BCUT2D eigenvalue weighted by atomic mass is 10.0. The van der Waals surface area contributed by atoms with E-state index in [0.717, 1.165) is 5.69 Å². The van der Waals surface area contributed by atoms with Crippen LogP contribution in [0.1, 0.15) is 38.8 Å². The van der Waals surface area contributed by atoms with Gasteiger partial charge in [0.1, 0.15) is 11.6 Å². The Morgan fingerprint density at radius 1 is 1.25 bits per heavy atom. The van der Waals surface area contributed by atoms with Gasteiger partial charge in [0.15, 0.2) is 0 Å². The molecule has 7 heteroatoms. The van der Waals surface area contributed by atoms with E-state index in [0.29, 0.717) is 18.8 Å². The van der Waals surface area contributed by atoms with Crippen molar-refractivity contribution in [2.45, 2.75) is 44.8 Å². The van der Waals surface area contributed by atoms with Crippen LogP contribution in [0.25, 0.3) is 0 Å². The van der Waals surface area contributed by atoms with Crippen LogP contribution in [-0.4, -0.2) is 54.4 Å². The normalized spacial score (nSPS) is 20.6. The summed E-state index contributed by atoms with van der Waals surface area (Å²) in [5.41, 5.74) is 0.138. The Hall–Kier alpha value is -2.31. The molecule has 0 unspecified atom stereocenters. The van der Waals surface area contributed by atoms with E-state index >= 15 is 0 Å². The fraction of sp³-hybridized carbons (Fsp3) is 0.588. The molecule has 0 spiro atoms. The number of nitrogens with zero attached hydrogens (tertiary/aromatic N) is 2. The van der Waals surface area contributed by atoms with Crippen LogP contribution >= 0.6 is 0 Å². The Labute approximate surface area is 141 Å². The van der Waals surface area contributed by atoms with Crippen LogP contribution in [-0.2, 0) is 14.3 Å². The average molecular weight is 336 g/mol. The number of pyridine rings is 1. The molecule has 1 fully saturated rings. The Bertz CT molecular complexity index is 611. The van der Waals surface area contributed by atoms with E-state index in [-0.39, 0.29) is 5.92 Å². The van der Waals surface area contributed by atoms with Crippen molar-refractivity contribution in [2.75, 3.05) is 20.8 Å². The Morgan fingerprint density at radius 3 is 2.54 bits per heavy atom. The van der Waals surface area contributed by atoms with Crippen molar-refractivity contribution in [3.63, 3.8) is 0 Å². The minimum Gasteiger partial charge on any atom is -0.481 e. The van der Waals surface area contributed by atoms with Gasteiger partial charge in [-0.1, -0.05) is 6.07 Å². The van der Waals surface area contributed by atoms with Gasteiger partial charge in [-0.15, -0.1) is 0 Å². The van der Waals surface area contributed by atoms with Crippen LogP contribution in [0.3, 0.4) is 0 Å². The predicted molar refractivity (Wildman–Crippen MR) is 86.9 cm³/mol. The third-order valence-corrected chi connectivity index (χ3v) is 3.77. The van der Waals surface area contributed by atoms with Gasteiger partial charge in [-0.05, 0) is 33.3 Å². The molecule has 1 aromatic heterocycles. The molecule has 7 nitrogen and oxygen atoms in total. The molecular formula is C17H24N2O5. The molecule has 1 aliphatic rings. The Balaban J connectivity index is 2.23. The van der Waals surface area contributed by atoms with Gasteiger partial charge in [-0.2, -0.15) is 0 Å². The van der Waals surface area contributed by atoms with E-state index < -0.39 is 23.7 Å². The number of amides is 1. The van der Waals surface area contributed by atoms with Gasteiger partial charge in [-0.3, -0.25) is 4.90 Å².